The molecule has 0 aliphatic heterocycles. The second-order valence-corrected chi connectivity index (χ2v) is 5.48. The molecular weight excluding hydrogens is 271 g/mol. The molecule has 0 radical (unpaired) electrons. The molecule has 0 unspecified atom stereocenters. The number of para-hydroxylation sites is 1. The maximum atomic E-state index is 11.4. The van der Waals surface area contributed by atoms with Crippen LogP contribution in [0.5, 0.6) is 5.75 Å². The van der Waals surface area contributed by atoms with E-state index in [1.54, 1.807) is 25.3 Å². The standard InChI is InChI=1S/C14H23BN2O4/c1-11(2)8-9-21-13-7-5-6-12(14(13)17(18)19)10-16(3)15-20-4/h5-7,11,15H,8-10H2,1-4H3. The lowest BCUT2D eigenvalue weighted by molar-refractivity contribution is -0.386. The van der Waals surface area contributed by atoms with Crippen molar-refractivity contribution < 1.29 is 14.3 Å². The van der Waals surface area contributed by atoms with Crippen LogP contribution in [-0.2, 0) is 11.2 Å². The Morgan fingerprint density at radius 2 is 2.14 bits per heavy atom. The van der Waals surface area contributed by atoms with Gasteiger partial charge in [0, 0.05) is 19.2 Å². The van der Waals surface area contributed by atoms with Crippen LogP contribution in [0.4, 0.5) is 5.69 Å². The van der Waals surface area contributed by atoms with Crippen molar-refractivity contribution in [2.45, 2.75) is 26.8 Å². The molecule has 21 heavy (non-hydrogen) atoms. The van der Waals surface area contributed by atoms with E-state index in [9.17, 15) is 10.1 Å². The lowest BCUT2D eigenvalue weighted by Crippen LogP contribution is -2.24. The molecule has 0 heterocycles. The number of nitro groups is 1. The van der Waals surface area contributed by atoms with Gasteiger partial charge in [0.15, 0.2) is 5.75 Å². The van der Waals surface area contributed by atoms with Crippen LogP contribution in [0.1, 0.15) is 25.8 Å². The van der Waals surface area contributed by atoms with Crippen LogP contribution in [0.3, 0.4) is 0 Å². The lowest BCUT2D eigenvalue weighted by Gasteiger charge is -2.15. The van der Waals surface area contributed by atoms with Crippen LogP contribution in [0, 0.1) is 16.0 Å². The first-order valence-corrected chi connectivity index (χ1v) is 7.02. The van der Waals surface area contributed by atoms with Crippen molar-refractivity contribution in [2.75, 3.05) is 20.8 Å². The Morgan fingerprint density at radius 1 is 1.43 bits per heavy atom. The first kappa shape index (κ1) is 17.5. The highest BCUT2D eigenvalue weighted by atomic mass is 16.6. The molecule has 0 bridgehead atoms. The summed E-state index contributed by atoms with van der Waals surface area (Å²) < 4.78 is 10.6. The van der Waals surface area contributed by atoms with Gasteiger partial charge in [0.1, 0.15) is 0 Å². The summed E-state index contributed by atoms with van der Waals surface area (Å²) in [6, 6.07) is 5.19. The zero-order chi connectivity index (χ0) is 15.8. The normalized spacial score (nSPS) is 11.0. The van der Waals surface area contributed by atoms with Gasteiger partial charge in [0.05, 0.1) is 11.5 Å². The van der Waals surface area contributed by atoms with Gasteiger partial charge >= 0.3 is 13.3 Å². The average Bonchev–Trinajstić information content (AvgIpc) is 2.38. The highest BCUT2D eigenvalue weighted by Crippen LogP contribution is 2.31. The van der Waals surface area contributed by atoms with E-state index >= 15 is 0 Å². The number of hydrogen-bond donors (Lipinski definition) is 0. The van der Waals surface area contributed by atoms with Crippen molar-refractivity contribution in [1.82, 2.24) is 4.81 Å². The second-order valence-electron chi connectivity index (χ2n) is 5.48. The zero-order valence-corrected chi connectivity index (χ0v) is 13.2. The van der Waals surface area contributed by atoms with Crippen molar-refractivity contribution in [3.63, 3.8) is 0 Å². The summed E-state index contributed by atoms with van der Waals surface area (Å²) in [5.74, 6) is 0.837. The van der Waals surface area contributed by atoms with Gasteiger partial charge in [-0.2, -0.15) is 0 Å². The maximum Gasteiger partial charge on any atom is 0.363 e. The van der Waals surface area contributed by atoms with Crippen LogP contribution in [0.25, 0.3) is 0 Å². The van der Waals surface area contributed by atoms with E-state index < -0.39 is 0 Å². The highest BCUT2D eigenvalue weighted by molar-refractivity contribution is 6.23. The number of hydrogen-bond acceptors (Lipinski definition) is 5. The summed E-state index contributed by atoms with van der Waals surface area (Å²) in [5.41, 5.74) is 0.672. The predicted octanol–water partition coefficient (Wildman–Crippen LogP) is 2.36. The van der Waals surface area contributed by atoms with Crippen LogP contribution >= 0.6 is 0 Å². The Labute approximate surface area is 126 Å². The molecule has 7 heteroatoms. The third-order valence-electron chi connectivity index (χ3n) is 3.01. The van der Waals surface area contributed by atoms with Crippen LogP contribution in [-0.4, -0.2) is 38.1 Å². The monoisotopic (exact) mass is 294 g/mol. The molecule has 0 aliphatic carbocycles. The Balaban J connectivity index is 2.90. The molecule has 0 amide bonds. The van der Waals surface area contributed by atoms with Crippen LogP contribution in [0.15, 0.2) is 18.2 Å². The molecule has 1 rings (SSSR count). The van der Waals surface area contributed by atoms with Crippen molar-refractivity contribution >= 4 is 13.3 Å². The average molecular weight is 294 g/mol. The summed E-state index contributed by atoms with van der Waals surface area (Å²) >= 11 is 0. The summed E-state index contributed by atoms with van der Waals surface area (Å²) in [6.07, 6.45) is 0.866. The minimum atomic E-state index is -0.374. The fraction of sp³-hybridized carbons (Fsp3) is 0.571. The number of ether oxygens (including phenoxy) is 1. The Morgan fingerprint density at radius 3 is 2.71 bits per heavy atom. The summed E-state index contributed by atoms with van der Waals surface area (Å²) in [6.45, 7) is 5.10. The minimum Gasteiger partial charge on any atom is -0.487 e. The van der Waals surface area contributed by atoms with Gasteiger partial charge in [0.25, 0.3) is 0 Å². The highest BCUT2D eigenvalue weighted by Gasteiger charge is 2.21. The Bertz CT molecular complexity index is 468. The molecule has 0 atom stereocenters. The number of nitrogens with zero attached hydrogens (tertiary/aromatic N) is 2. The number of benzene rings is 1. The van der Waals surface area contributed by atoms with Crippen LogP contribution in [0.2, 0.25) is 0 Å². The predicted molar refractivity (Wildman–Crippen MR) is 83.7 cm³/mol. The van der Waals surface area contributed by atoms with Gasteiger partial charge < -0.3 is 14.2 Å². The quantitative estimate of drug-likeness (QED) is 0.397. The smallest absolute Gasteiger partial charge is 0.363 e. The first-order valence-electron chi connectivity index (χ1n) is 7.02. The summed E-state index contributed by atoms with van der Waals surface area (Å²) in [4.78, 5) is 12.8. The topological polar surface area (TPSA) is 64.8 Å². The molecular formula is C14H23BN2O4. The van der Waals surface area contributed by atoms with Crippen LogP contribution < -0.4 is 4.74 Å². The van der Waals surface area contributed by atoms with Crippen molar-refractivity contribution in [3.05, 3.63) is 33.9 Å². The molecule has 6 nitrogen and oxygen atoms in total. The van der Waals surface area contributed by atoms with Gasteiger partial charge in [-0.3, -0.25) is 10.1 Å². The lowest BCUT2D eigenvalue weighted by atomic mass is 10.1. The van der Waals surface area contributed by atoms with Gasteiger partial charge in [-0.1, -0.05) is 26.0 Å². The third-order valence-corrected chi connectivity index (χ3v) is 3.01. The van der Waals surface area contributed by atoms with Gasteiger partial charge in [-0.25, -0.2) is 0 Å². The third kappa shape index (κ3) is 5.73. The number of nitro benzene ring substituents is 1. The molecule has 1 aromatic carbocycles. The molecule has 0 fully saturated rings. The van der Waals surface area contributed by atoms with E-state index in [4.69, 9.17) is 9.39 Å². The van der Waals surface area contributed by atoms with Gasteiger partial charge in [0.2, 0.25) is 0 Å². The largest absolute Gasteiger partial charge is 0.487 e. The van der Waals surface area contributed by atoms with Gasteiger partial charge in [-0.05, 0) is 25.5 Å². The molecule has 0 aromatic heterocycles. The van der Waals surface area contributed by atoms with E-state index in [1.807, 2.05) is 11.9 Å². The Kier molecular flexibility index (Phi) is 7.18. The molecule has 116 valence electrons. The minimum absolute atomic E-state index is 0.0456. The zero-order valence-electron chi connectivity index (χ0n) is 13.2. The van der Waals surface area contributed by atoms with Crippen molar-refractivity contribution in [1.29, 1.82) is 0 Å². The molecule has 0 saturated heterocycles. The fourth-order valence-corrected chi connectivity index (χ4v) is 1.98. The van der Waals surface area contributed by atoms with Crippen molar-refractivity contribution in [2.24, 2.45) is 5.92 Å². The van der Waals surface area contributed by atoms with E-state index in [1.165, 1.54) is 0 Å². The Hall–Kier alpha value is -1.60. The van der Waals surface area contributed by atoms with E-state index in [0.717, 1.165) is 6.42 Å². The fourth-order valence-electron chi connectivity index (χ4n) is 1.98. The summed E-state index contributed by atoms with van der Waals surface area (Å²) in [5, 5.41) is 11.4. The molecule has 0 N–H and O–H groups in total. The molecule has 0 spiro atoms. The maximum absolute atomic E-state index is 11.4. The van der Waals surface area contributed by atoms with E-state index in [-0.39, 0.29) is 10.6 Å². The number of rotatable bonds is 9. The first-order chi connectivity index (χ1) is 9.95. The van der Waals surface area contributed by atoms with E-state index in [0.29, 0.717) is 38.0 Å². The molecule has 0 saturated carbocycles. The van der Waals surface area contributed by atoms with Crippen molar-refractivity contribution in [3.8, 4) is 5.75 Å². The molecule has 1 aromatic rings. The van der Waals surface area contributed by atoms with Gasteiger partial charge in [-0.15, -0.1) is 0 Å². The SMILES string of the molecule is COBN(C)Cc1cccc(OCCC(C)C)c1[N+](=O)[O-]. The second kappa shape index (κ2) is 8.64. The van der Waals surface area contributed by atoms with E-state index in [2.05, 4.69) is 13.8 Å². The summed E-state index contributed by atoms with van der Waals surface area (Å²) in [7, 11) is 3.85. The molecule has 0 aliphatic rings.